The Balaban J connectivity index is 2.09. The van der Waals surface area contributed by atoms with Crippen molar-refractivity contribution in [1.82, 2.24) is 5.32 Å². The lowest BCUT2D eigenvalue weighted by Gasteiger charge is -2.41. The van der Waals surface area contributed by atoms with E-state index in [4.69, 9.17) is 28.4 Å². The van der Waals surface area contributed by atoms with Crippen molar-refractivity contribution < 1.29 is 42.8 Å². The van der Waals surface area contributed by atoms with Crippen molar-refractivity contribution in [3.8, 4) is 0 Å². The second-order valence-electron chi connectivity index (χ2n) is 7.27. The predicted molar refractivity (Wildman–Crippen MR) is 93.9 cm³/mol. The summed E-state index contributed by atoms with van der Waals surface area (Å²) in [6.45, 7) is 7.72. The van der Waals surface area contributed by atoms with Crippen LogP contribution >= 0.6 is 0 Å². The number of fused-ring (bicyclic) bond motifs is 1. The molecule has 6 atom stereocenters. The van der Waals surface area contributed by atoms with Crippen LogP contribution in [0.4, 0.5) is 0 Å². The molecule has 1 N–H and O–H groups in total. The Bertz CT molecular complexity index is 594. The van der Waals surface area contributed by atoms with Gasteiger partial charge in [0.05, 0.1) is 18.8 Å². The van der Waals surface area contributed by atoms with Crippen molar-refractivity contribution in [2.24, 2.45) is 0 Å². The highest BCUT2D eigenvalue weighted by Crippen LogP contribution is 2.37. The Morgan fingerprint density at radius 3 is 2.32 bits per heavy atom. The number of hydrogen-bond donors (Lipinski definition) is 1. The molecule has 2 rings (SSSR count). The van der Waals surface area contributed by atoms with E-state index in [0.717, 1.165) is 0 Å². The van der Waals surface area contributed by atoms with Gasteiger partial charge in [-0.15, -0.1) is 0 Å². The lowest BCUT2D eigenvalue weighted by molar-refractivity contribution is -0.244. The average molecular weight is 403 g/mol. The zero-order valence-corrected chi connectivity index (χ0v) is 17.1. The van der Waals surface area contributed by atoms with Crippen LogP contribution in [0.2, 0.25) is 0 Å². The maximum atomic E-state index is 12.8. The molecule has 2 saturated heterocycles. The molecule has 0 aliphatic carbocycles. The van der Waals surface area contributed by atoms with E-state index in [1.54, 1.807) is 20.8 Å². The third-order valence-corrected chi connectivity index (χ3v) is 4.47. The van der Waals surface area contributed by atoms with Gasteiger partial charge in [0, 0.05) is 27.4 Å². The molecule has 28 heavy (non-hydrogen) atoms. The van der Waals surface area contributed by atoms with Gasteiger partial charge >= 0.3 is 11.9 Å². The topological polar surface area (TPSA) is 119 Å². The minimum absolute atomic E-state index is 0.0323. The lowest BCUT2D eigenvalue weighted by atomic mass is 9.96. The summed E-state index contributed by atoms with van der Waals surface area (Å²) in [4.78, 5) is 35.1. The van der Waals surface area contributed by atoms with Crippen molar-refractivity contribution in [2.45, 2.75) is 83.6 Å². The van der Waals surface area contributed by atoms with E-state index in [2.05, 4.69) is 5.32 Å². The minimum atomic E-state index is -1.11. The molecule has 1 amide bonds. The first-order valence-electron chi connectivity index (χ1n) is 9.19. The minimum Gasteiger partial charge on any atom is -0.466 e. The van der Waals surface area contributed by atoms with Crippen LogP contribution in [0.1, 0.15) is 41.0 Å². The van der Waals surface area contributed by atoms with Gasteiger partial charge in [0.15, 0.2) is 18.2 Å². The molecule has 2 fully saturated rings. The molecule has 160 valence electrons. The molecule has 10 heteroatoms. The van der Waals surface area contributed by atoms with Gasteiger partial charge in [-0.25, -0.2) is 0 Å². The number of methoxy groups -OCH3 is 1. The number of ether oxygens (including phenoxy) is 6. The van der Waals surface area contributed by atoms with Gasteiger partial charge in [0.1, 0.15) is 12.2 Å². The van der Waals surface area contributed by atoms with E-state index in [1.165, 1.54) is 21.0 Å². The van der Waals surface area contributed by atoms with Crippen LogP contribution in [0.3, 0.4) is 0 Å². The number of hydrogen-bond acceptors (Lipinski definition) is 9. The van der Waals surface area contributed by atoms with E-state index in [-0.39, 0.29) is 13.0 Å². The Morgan fingerprint density at radius 2 is 1.75 bits per heavy atom. The Morgan fingerprint density at radius 1 is 1.11 bits per heavy atom. The highest BCUT2D eigenvalue weighted by atomic mass is 16.8. The fourth-order valence-corrected chi connectivity index (χ4v) is 3.35. The number of esters is 2. The van der Waals surface area contributed by atoms with E-state index >= 15 is 0 Å². The summed E-state index contributed by atoms with van der Waals surface area (Å²) in [6, 6.07) is -0.558. The maximum Gasteiger partial charge on any atom is 0.303 e. The number of carbonyl (C=O) groups is 3. The first-order valence-corrected chi connectivity index (χ1v) is 9.19. The summed E-state index contributed by atoms with van der Waals surface area (Å²) in [5.41, 5.74) is 0. The van der Waals surface area contributed by atoms with Gasteiger partial charge < -0.3 is 33.7 Å². The van der Waals surface area contributed by atoms with Crippen LogP contribution in [-0.4, -0.2) is 74.1 Å². The Kier molecular flexibility index (Phi) is 7.38. The SMILES string of the molecule is CO[C@H]1O[C@H](C)[C@@H](NC(=O)[C@H](CCOC(C)=O)OC(C)=O)[C@@H]2OC(C)(C)O[C@H]12. The normalized spacial score (nSPS) is 32.1. The highest BCUT2D eigenvalue weighted by Gasteiger charge is 2.55. The third kappa shape index (κ3) is 5.63. The Hall–Kier alpha value is -1.75. The quantitative estimate of drug-likeness (QED) is 0.597. The molecule has 0 aromatic rings. The molecule has 2 aliphatic heterocycles. The van der Waals surface area contributed by atoms with E-state index in [0.29, 0.717) is 0 Å². The number of carbonyl (C=O) groups excluding carboxylic acids is 3. The zero-order chi connectivity index (χ0) is 21.1. The molecule has 0 bridgehead atoms. The summed E-state index contributed by atoms with van der Waals surface area (Å²) in [7, 11) is 1.51. The molecule has 0 spiro atoms. The summed E-state index contributed by atoms with van der Waals surface area (Å²) in [6.07, 6.45) is -3.21. The van der Waals surface area contributed by atoms with Gasteiger partial charge in [-0.05, 0) is 20.8 Å². The van der Waals surface area contributed by atoms with Crippen LogP contribution in [0.5, 0.6) is 0 Å². The van der Waals surface area contributed by atoms with E-state index in [1.807, 2.05) is 0 Å². The van der Waals surface area contributed by atoms with E-state index < -0.39 is 60.4 Å². The third-order valence-electron chi connectivity index (χ3n) is 4.47. The fourth-order valence-electron chi connectivity index (χ4n) is 3.35. The molecule has 0 saturated carbocycles. The molecule has 0 aromatic carbocycles. The summed E-state index contributed by atoms with van der Waals surface area (Å²) in [5.74, 6) is -2.50. The van der Waals surface area contributed by atoms with Crippen LogP contribution in [0, 0.1) is 0 Å². The van der Waals surface area contributed by atoms with Gasteiger partial charge in [-0.3, -0.25) is 14.4 Å². The molecular formula is C18H29NO9. The second-order valence-corrected chi connectivity index (χ2v) is 7.27. The first kappa shape index (κ1) is 22.5. The van der Waals surface area contributed by atoms with Crippen molar-refractivity contribution in [3.05, 3.63) is 0 Å². The summed E-state index contributed by atoms with van der Waals surface area (Å²) < 4.78 is 32.9. The molecular weight excluding hydrogens is 374 g/mol. The number of nitrogens with one attached hydrogen (secondary N) is 1. The van der Waals surface area contributed by atoms with Gasteiger partial charge in [-0.2, -0.15) is 0 Å². The molecule has 0 aromatic heterocycles. The van der Waals surface area contributed by atoms with Crippen molar-refractivity contribution in [3.63, 3.8) is 0 Å². The summed E-state index contributed by atoms with van der Waals surface area (Å²) in [5, 5.41) is 2.82. The van der Waals surface area contributed by atoms with Crippen LogP contribution < -0.4 is 5.32 Å². The molecule has 2 aliphatic rings. The van der Waals surface area contributed by atoms with E-state index in [9.17, 15) is 14.4 Å². The standard InChI is InChI=1S/C18H29NO9/c1-9-13(14-15(17(23-6)25-9)28-18(4,5)27-14)19-16(22)12(26-11(3)21)7-8-24-10(2)20/h9,12-15,17H,7-8H2,1-6H3,(H,19,22)/t9-,12+,13-,14+,15+,17+/m1/s1. The predicted octanol–water partition coefficient (Wildman–Crippen LogP) is 0.267. The first-order chi connectivity index (χ1) is 13.0. The van der Waals surface area contributed by atoms with Crippen LogP contribution in [-0.2, 0) is 42.8 Å². The largest absolute Gasteiger partial charge is 0.466 e. The Labute approximate surface area is 164 Å². The van der Waals surface area contributed by atoms with Crippen LogP contribution in [0.15, 0.2) is 0 Å². The molecule has 0 unspecified atom stereocenters. The monoisotopic (exact) mass is 403 g/mol. The van der Waals surface area contributed by atoms with Gasteiger partial charge in [0.2, 0.25) is 0 Å². The molecule has 10 nitrogen and oxygen atoms in total. The van der Waals surface area contributed by atoms with Crippen LogP contribution in [0.25, 0.3) is 0 Å². The second kappa shape index (κ2) is 9.17. The van der Waals surface area contributed by atoms with Crippen molar-refractivity contribution in [2.75, 3.05) is 13.7 Å². The number of amides is 1. The zero-order valence-electron chi connectivity index (χ0n) is 17.1. The fraction of sp³-hybridized carbons (Fsp3) is 0.833. The smallest absolute Gasteiger partial charge is 0.303 e. The highest BCUT2D eigenvalue weighted by molar-refractivity contribution is 5.83. The lowest BCUT2D eigenvalue weighted by Crippen LogP contribution is -2.63. The van der Waals surface area contributed by atoms with Crippen molar-refractivity contribution in [1.29, 1.82) is 0 Å². The molecule has 2 heterocycles. The molecule has 0 radical (unpaired) electrons. The average Bonchev–Trinajstić information content (AvgIpc) is 2.90. The number of rotatable bonds is 7. The van der Waals surface area contributed by atoms with Crippen molar-refractivity contribution >= 4 is 17.8 Å². The summed E-state index contributed by atoms with van der Waals surface area (Å²) >= 11 is 0. The van der Waals surface area contributed by atoms with Gasteiger partial charge in [0.25, 0.3) is 5.91 Å². The maximum absolute atomic E-state index is 12.8. The van der Waals surface area contributed by atoms with Gasteiger partial charge in [-0.1, -0.05) is 0 Å².